The third kappa shape index (κ3) is 2.81. The minimum absolute atomic E-state index is 0.0840. The van der Waals surface area contributed by atoms with Gasteiger partial charge < -0.3 is 10.2 Å². The second-order valence-corrected chi connectivity index (χ2v) is 7.35. The van der Waals surface area contributed by atoms with E-state index in [2.05, 4.69) is 36.4 Å². The van der Waals surface area contributed by atoms with Crippen molar-refractivity contribution >= 4 is 22.8 Å². The summed E-state index contributed by atoms with van der Waals surface area (Å²) in [5.74, 6) is 2.02. The summed E-state index contributed by atoms with van der Waals surface area (Å²) in [6, 6.07) is 5.70. The van der Waals surface area contributed by atoms with E-state index >= 15 is 0 Å². The summed E-state index contributed by atoms with van der Waals surface area (Å²) < 4.78 is 1.55. The first-order chi connectivity index (χ1) is 13.2. The number of nitrogens with one attached hydrogen (secondary N) is 1. The van der Waals surface area contributed by atoms with Gasteiger partial charge in [-0.15, -0.1) is 5.10 Å². The highest BCUT2D eigenvalue weighted by atomic mass is 16.1. The number of rotatable bonds is 4. The van der Waals surface area contributed by atoms with E-state index in [0.29, 0.717) is 22.9 Å². The van der Waals surface area contributed by atoms with E-state index in [4.69, 9.17) is 0 Å². The molecule has 2 aliphatic rings. The SMILES string of the molecule is Cn1c(NCC2CN(c3cc4c(nn3)CCC4)C2)nc2ncccc2c1=O. The predicted octanol–water partition coefficient (Wildman–Crippen LogP) is 1.16. The average Bonchev–Trinajstić information content (AvgIpc) is 3.12. The van der Waals surface area contributed by atoms with Crippen molar-refractivity contribution in [2.45, 2.75) is 19.3 Å². The van der Waals surface area contributed by atoms with Gasteiger partial charge in [0.2, 0.25) is 5.95 Å². The van der Waals surface area contributed by atoms with Gasteiger partial charge in [0, 0.05) is 38.8 Å². The van der Waals surface area contributed by atoms with Crippen LogP contribution in [0.3, 0.4) is 0 Å². The Labute approximate surface area is 156 Å². The number of aryl methyl sites for hydroxylation is 2. The number of pyridine rings is 1. The van der Waals surface area contributed by atoms with Gasteiger partial charge in [0.05, 0.1) is 11.1 Å². The molecular formula is C19H21N7O. The van der Waals surface area contributed by atoms with Crippen molar-refractivity contribution in [2.24, 2.45) is 13.0 Å². The molecule has 0 saturated carbocycles. The highest BCUT2D eigenvalue weighted by Crippen LogP contribution is 2.27. The van der Waals surface area contributed by atoms with Gasteiger partial charge in [-0.1, -0.05) is 0 Å². The lowest BCUT2D eigenvalue weighted by Crippen LogP contribution is -2.50. The lowest BCUT2D eigenvalue weighted by atomic mass is 10.00. The van der Waals surface area contributed by atoms with Crippen LogP contribution in [-0.4, -0.2) is 44.4 Å². The van der Waals surface area contributed by atoms with E-state index in [9.17, 15) is 4.79 Å². The van der Waals surface area contributed by atoms with Gasteiger partial charge in [-0.05, 0) is 43.0 Å². The molecule has 0 amide bonds. The molecule has 0 atom stereocenters. The van der Waals surface area contributed by atoms with Crippen molar-refractivity contribution in [1.82, 2.24) is 24.7 Å². The molecule has 27 heavy (non-hydrogen) atoms. The van der Waals surface area contributed by atoms with Crippen LogP contribution < -0.4 is 15.8 Å². The summed E-state index contributed by atoms with van der Waals surface area (Å²) in [4.78, 5) is 23.4. The molecule has 0 aromatic carbocycles. The molecule has 1 saturated heterocycles. The zero-order valence-electron chi connectivity index (χ0n) is 15.2. The van der Waals surface area contributed by atoms with Crippen LogP contribution in [-0.2, 0) is 19.9 Å². The van der Waals surface area contributed by atoms with Crippen LogP contribution in [0, 0.1) is 5.92 Å². The Morgan fingerprint density at radius 1 is 1.26 bits per heavy atom. The Bertz CT molecular complexity index is 1070. The Kier molecular flexibility index (Phi) is 3.77. The smallest absolute Gasteiger partial charge is 0.264 e. The zero-order valence-corrected chi connectivity index (χ0v) is 15.2. The maximum atomic E-state index is 12.4. The number of anilines is 2. The first-order valence-corrected chi connectivity index (χ1v) is 9.35. The molecular weight excluding hydrogens is 342 g/mol. The molecule has 0 bridgehead atoms. The number of hydrogen-bond donors (Lipinski definition) is 1. The molecule has 1 aliphatic carbocycles. The summed E-state index contributed by atoms with van der Waals surface area (Å²) in [6.45, 7) is 2.62. The molecule has 4 heterocycles. The van der Waals surface area contributed by atoms with E-state index in [1.165, 1.54) is 12.0 Å². The Morgan fingerprint density at radius 3 is 3.04 bits per heavy atom. The minimum atomic E-state index is -0.0840. The molecule has 1 aliphatic heterocycles. The molecule has 0 radical (unpaired) electrons. The first-order valence-electron chi connectivity index (χ1n) is 9.35. The van der Waals surface area contributed by atoms with Crippen molar-refractivity contribution in [3.05, 3.63) is 46.0 Å². The Hall–Kier alpha value is -3.03. The van der Waals surface area contributed by atoms with Gasteiger partial charge in [-0.2, -0.15) is 10.1 Å². The summed E-state index contributed by atoms with van der Waals surface area (Å²) in [5.41, 5.74) is 2.91. The van der Waals surface area contributed by atoms with Crippen molar-refractivity contribution in [3.8, 4) is 0 Å². The van der Waals surface area contributed by atoms with Crippen LogP contribution in [0.4, 0.5) is 11.8 Å². The molecule has 5 rings (SSSR count). The molecule has 8 nitrogen and oxygen atoms in total. The highest BCUT2D eigenvalue weighted by molar-refractivity contribution is 5.74. The highest BCUT2D eigenvalue weighted by Gasteiger charge is 2.29. The fourth-order valence-corrected chi connectivity index (χ4v) is 3.86. The van der Waals surface area contributed by atoms with Gasteiger partial charge in [-0.3, -0.25) is 9.36 Å². The molecule has 0 spiro atoms. The third-order valence-corrected chi connectivity index (χ3v) is 5.49. The molecule has 138 valence electrons. The third-order valence-electron chi connectivity index (χ3n) is 5.49. The molecule has 3 aromatic heterocycles. The summed E-state index contributed by atoms with van der Waals surface area (Å²) >= 11 is 0. The van der Waals surface area contributed by atoms with Gasteiger partial charge in [-0.25, -0.2) is 4.98 Å². The maximum Gasteiger partial charge on any atom is 0.264 e. The fourth-order valence-electron chi connectivity index (χ4n) is 3.86. The molecule has 0 unspecified atom stereocenters. The lowest BCUT2D eigenvalue weighted by molar-refractivity contribution is 0.424. The van der Waals surface area contributed by atoms with Crippen LogP contribution in [0.15, 0.2) is 29.2 Å². The molecule has 1 N–H and O–H groups in total. The summed E-state index contributed by atoms with van der Waals surface area (Å²) in [5, 5.41) is 12.6. The fraction of sp³-hybridized carbons (Fsp3) is 0.421. The largest absolute Gasteiger partial charge is 0.355 e. The van der Waals surface area contributed by atoms with E-state index in [1.807, 2.05) is 0 Å². The Morgan fingerprint density at radius 2 is 2.15 bits per heavy atom. The van der Waals surface area contributed by atoms with Gasteiger partial charge in [0.1, 0.15) is 0 Å². The van der Waals surface area contributed by atoms with Crippen molar-refractivity contribution in [1.29, 1.82) is 0 Å². The van der Waals surface area contributed by atoms with Gasteiger partial charge in [0.15, 0.2) is 11.5 Å². The number of fused-ring (bicyclic) bond motifs is 2. The second-order valence-electron chi connectivity index (χ2n) is 7.35. The van der Waals surface area contributed by atoms with E-state index in [1.54, 1.807) is 29.9 Å². The molecule has 1 fully saturated rings. The van der Waals surface area contributed by atoms with Gasteiger partial charge >= 0.3 is 0 Å². The average molecular weight is 363 g/mol. The predicted molar refractivity (Wildman–Crippen MR) is 103 cm³/mol. The van der Waals surface area contributed by atoms with Crippen LogP contribution in [0.5, 0.6) is 0 Å². The van der Waals surface area contributed by atoms with Crippen LogP contribution in [0.1, 0.15) is 17.7 Å². The second kappa shape index (κ2) is 6.29. The minimum Gasteiger partial charge on any atom is -0.355 e. The van der Waals surface area contributed by atoms with E-state index in [0.717, 1.165) is 44.0 Å². The lowest BCUT2D eigenvalue weighted by Gasteiger charge is -2.40. The van der Waals surface area contributed by atoms with Crippen LogP contribution in [0.2, 0.25) is 0 Å². The Balaban J connectivity index is 1.24. The number of nitrogens with zero attached hydrogens (tertiary/aromatic N) is 6. The summed E-state index contributed by atoms with van der Waals surface area (Å²) in [7, 11) is 1.73. The first kappa shape index (κ1) is 16.2. The van der Waals surface area contributed by atoms with Crippen molar-refractivity contribution in [3.63, 3.8) is 0 Å². The maximum absolute atomic E-state index is 12.4. The van der Waals surface area contributed by atoms with Gasteiger partial charge in [0.25, 0.3) is 5.56 Å². The normalized spacial score (nSPS) is 16.4. The van der Waals surface area contributed by atoms with Crippen LogP contribution >= 0.6 is 0 Å². The summed E-state index contributed by atoms with van der Waals surface area (Å²) in [6.07, 6.45) is 5.01. The number of hydrogen-bond acceptors (Lipinski definition) is 7. The quantitative estimate of drug-likeness (QED) is 0.744. The van der Waals surface area contributed by atoms with Crippen molar-refractivity contribution in [2.75, 3.05) is 29.9 Å². The monoisotopic (exact) mass is 363 g/mol. The standard InChI is InChI=1S/C19H21N7O/c1-25-18(27)14-5-3-7-20-17(14)22-19(25)21-9-12-10-26(11-12)16-8-13-4-2-6-15(13)23-24-16/h3,5,7-8,12H,2,4,6,9-11H2,1H3,(H,20,21,22). The number of aromatic nitrogens is 5. The van der Waals surface area contributed by atoms with Crippen LogP contribution in [0.25, 0.3) is 11.0 Å². The molecule has 3 aromatic rings. The zero-order chi connectivity index (χ0) is 18.4. The topological polar surface area (TPSA) is 88.8 Å². The van der Waals surface area contributed by atoms with Crippen molar-refractivity contribution < 1.29 is 0 Å². The van der Waals surface area contributed by atoms with E-state index in [-0.39, 0.29) is 5.56 Å². The molecule has 8 heteroatoms. The van der Waals surface area contributed by atoms with E-state index < -0.39 is 0 Å².